The highest BCUT2D eigenvalue weighted by molar-refractivity contribution is 7.89. The number of fused-ring (bicyclic) bond motifs is 1. The Hall–Kier alpha value is -2.09. The molecule has 0 bridgehead atoms. The van der Waals surface area contributed by atoms with Crippen LogP contribution in [0.25, 0.3) is 0 Å². The molecule has 8 heteroatoms. The minimum Gasteiger partial charge on any atom is -0.495 e. The van der Waals surface area contributed by atoms with Gasteiger partial charge in [0.2, 0.25) is 15.9 Å². The summed E-state index contributed by atoms with van der Waals surface area (Å²) in [6.07, 6.45) is 2.11. The van der Waals surface area contributed by atoms with Crippen molar-refractivity contribution in [3.63, 3.8) is 0 Å². The first kappa shape index (κ1) is 21.2. The molecule has 0 N–H and O–H groups in total. The fourth-order valence-electron chi connectivity index (χ4n) is 4.45. The molecule has 1 saturated heterocycles. The number of para-hydroxylation sites is 1. The number of ether oxygens (including phenoxy) is 1. The van der Waals surface area contributed by atoms with Gasteiger partial charge in [0.05, 0.1) is 13.0 Å². The molecule has 0 radical (unpaired) electrons. The van der Waals surface area contributed by atoms with Gasteiger partial charge in [-0.2, -0.15) is 4.31 Å². The van der Waals surface area contributed by atoms with E-state index in [4.69, 9.17) is 16.3 Å². The van der Waals surface area contributed by atoms with Gasteiger partial charge >= 0.3 is 0 Å². The van der Waals surface area contributed by atoms with E-state index in [1.54, 1.807) is 12.1 Å². The molecule has 2 aliphatic heterocycles. The molecule has 0 aliphatic carbocycles. The molecule has 0 unspecified atom stereocenters. The number of amides is 1. The third-order valence-corrected chi connectivity index (χ3v) is 8.04. The van der Waals surface area contributed by atoms with Crippen molar-refractivity contribution in [1.82, 2.24) is 4.31 Å². The zero-order valence-electron chi connectivity index (χ0n) is 17.0. The van der Waals surface area contributed by atoms with Gasteiger partial charge in [-0.15, -0.1) is 0 Å². The molecule has 2 heterocycles. The molecule has 2 aromatic carbocycles. The lowest BCUT2D eigenvalue weighted by Crippen LogP contribution is -2.48. The summed E-state index contributed by atoms with van der Waals surface area (Å²) in [5.41, 5.74) is 2.09. The topological polar surface area (TPSA) is 66.9 Å². The van der Waals surface area contributed by atoms with Gasteiger partial charge in [-0.1, -0.05) is 29.8 Å². The van der Waals surface area contributed by atoms with Crippen LogP contribution in [-0.4, -0.2) is 44.9 Å². The standard InChI is InChI=1S/C22H25ClN2O4S/c1-15-12-16-6-3-4-8-19(16)25(15)22(26)17-7-5-11-24(14-17)30(27,28)21-13-18(23)9-10-20(21)29-2/h3-4,6,8-10,13,15,17H,5,7,11-12,14H2,1-2H3/t15-,17+/m0/s1. The van der Waals surface area contributed by atoms with Gasteiger partial charge in [-0.25, -0.2) is 8.42 Å². The number of rotatable bonds is 4. The smallest absolute Gasteiger partial charge is 0.246 e. The van der Waals surface area contributed by atoms with Gasteiger partial charge in [-0.05, 0) is 56.0 Å². The summed E-state index contributed by atoms with van der Waals surface area (Å²) in [5, 5.41) is 0.321. The number of nitrogens with zero attached hydrogens (tertiary/aromatic N) is 2. The van der Waals surface area contributed by atoms with Crippen molar-refractivity contribution in [1.29, 1.82) is 0 Å². The minimum atomic E-state index is -3.84. The first-order chi connectivity index (χ1) is 14.3. The molecule has 0 saturated carbocycles. The highest BCUT2D eigenvalue weighted by atomic mass is 35.5. The second kappa shape index (κ2) is 8.21. The van der Waals surface area contributed by atoms with Crippen LogP contribution < -0.4 is 9.64 Å². The van der Waals surface area contributed by atoms with Crippen LogP contribution in [-0.2, 0) is 21.2 Å². The van der Waals surface area contributed by atoms with Gasteiger partial charge in [-0.3, -0.25) is 4.79 Å². The molecular weight excluding hydrogens is 424 g/mol. The quantitative estimate of drug-likeness (QED) is 0.714. The van der Waals surface area contributed by atoms with E-state index in [2.05, 4.69) is 0 Å². The van der Waals surface area contributed by atoms with Crippen LogP contribution in [0, 0.1) is 5.92 Å². The predicted molar refractivity (Wildman–Crippen MR) is 117 cm³/mol. The first-order valence-electron chi connectivity index (χ1n) is 10.1. The Labute approximate surface area is 182 Å². The highest BCUT2D eigenvalue weighted by Gasteiger charge is 2.39. The number of anilines is 1. The van der Waals surface area contributed by atoms with Crippen LogP contribution >= 0.6 is 11.6 Å². The Morgan fingerprint density at radius 2 is 1.97 bits per heavy atom. The van der Waals surface area contributed by atoms with E-state index >= 15 is 0 Å². The van der Waals surface area contributed by atoms with Crippen LogP contribution in [0.5, 0.6) is 5.75 Å². The molecule has 6 nitrogen and oxygen atoms in total. The Bertz CT molecular complexity index is 1070. The summed E-state index contributed by atoms with van der Waals surface area (Å²) in [5.74, 6) is -0.146. The number of hydrogen-bond acceptors (Lipinski definition) is 4. The number of halogens is 1. The Morgan fingerprint density at radius 1 is 1.20 bits per heavy atom. The molecule has 1 fully saturated rings. The molecule has 30 heavy (non-hydrogen) atoms. The molecule has 2 aromatic rings. The highest BCUT2D eigenvalue weighted by Crippen LogP contribution is 2.36. The largest absolute Gasteiger partial charge is 0.495 e. The molecular formula is C22H25ClN2O4S. The number of benzene rings is 2. The van der Waals surface area contributed by atoms with Crippen molar-refractivity contribution in [3.05, 3.63) is 53.1 Å². The first-order valence-corrected chi connectivity index (χ1v) is 11.9. The maximum absolute atomic E-state index is 13.4. The Balaban J connectivity index is 1.60. The number of carbonyl (C=O) groups is 1. The average Bonchev–Trinajstić information content (AvgIpc) is 3.09. The average molecular weight is 449 g/mol. The number of carbonyl (C=O) groups excluding carboxylic acids is 1. The molecule has 1 amide bonds. The van der Waals surface area contributed by atoms with Crippen molar-refractivity contribution in [2.75, 3.05) is 25.1 Å². The molecule has 4 rings (SSSR count). The lowest BCUT2D eigenvalue weighted by atomic mass is 9.97. The van der Waals surface area contributed by atoms with E-state index in [0.717, 1.165) is 17.7 Å². The lowest BCUT2D eigenvalue weighted by molar-refractivity contribution is -0.123. The number of sulfonamides is 1. The second-order valence-corrected chi connectivity index (χ2v) is 10.2. The van der Waals surface area contributed by atoms with Gasteiger partial charge in [0.1, 0.15) is 10.6 Å². The monoisotopic (exact) mass is 448 g/mol. The van der Waals surface area contributed by atoms with Gasteiger partial charge in [0.15, 0.2) is 0 Å². The van der Waals surface area contributed by atoms with Crippen molar-refractivity contribution < 1.29 is 17.9 Å². The van der Waals surface area contributed by atoms with Crippen LogP contribution in [0.3, 0.4) is 0 Å². The fraction of sp³-hybridized carbons (Fsp3) is 0.409. The van der Waals surface area contributed by atoms with Crippen LogP contribution in [0.4, 0.5) is 5.69 Å². The fourth-order valence-corrected chi connectivity index (χ4v) is 6.39. The number of hydrogen-bond donors (Lipinski definition) is 0. The molecule has 2 aliphatic rings. The maximum Gasteiger partial charge on any atom is 0.246 e. The van der Waals surface area contributed by atoms with E-state index in [1.807, 2.05) is 36.1 Å². The van der Waals surface area contributed by atoms with Gasteiger partial charge < -0.3 is 9.64 Å². The van der Waals surface area contributed by atoms with E-state index in [1.165, 1.54) is 17.5 Å². The third kappa shape index (κ3) is 3.70. The Morgan fingerprint density at radius 3 is 2.73 bits per heavy atom. The molecule has 0 spiro atoms. The van der Waals surface area contributed by atoms with E-state index in [0.29, 0.717) is 24.4 Å². The van der Waals surface area contributed by atoms with Crippen LogP contribution in [0.2, 0.25) is 5.02 Å². The third-order valence-electron chi connectivity index (χ3n) is 5.92. The summed E-state index contributed by atoms with van der Waals surface area (Å²) < 4.78 is 33.3. The number of methoxy groups -OCH3 is 1. The van der Waals surface area contributed by atoms with Crippen molar-refractivity contribution >= 4 is 33.2 Å². The summed E-state index contributed by atoms with van der Waals surface area (Å²) >= 11 is 6.05. The van der Waals surface area contributed by atoms with Crippen molar-refractivity contribution in [3.8, 4) is 5.75 Å². The summed E-state index contributed by atoms with van der Waals surface area (Å²) in [7, 11) is -2.41. The van der Waals surface area contributed by atoms with Crippen LogP contribution in [0.15, 0.2) is 47.4 Å². The summed E-state index contributed by atoms with van der Waals surface area (Å²) in [4.78, 5) is 15.3. The normalized spacial score (nSPS) is 22.0. The minimum absolute atomic E-state index is 0.00888. The SMILES string of the molecule is COc1ccc(Cl)cc1S(=O)(=O)N1CCC[C@@H](C(=O)N2c3ccccc3C[C@@H]2C)C1. The van der Waals surface area contributed by atoms with Crippen molar-refractivity contribution in [2.24, 2.45) is 5.92 Å². The second-order valence-electron chi connectivity index (χ2n) is 7.89. The summed E-state index contributed by atoms with van der Waals surface area (Å²) in [6.45, 7) is 2.56. The van der Waals surface area contributed by atoms with Gasteiger partial charge in [0.25, 0.3) is 0 Å². The van der Waals surface area contributed by atoms with Gasteiger partial charge in [0, 0.05) is 29.8 Å². The molecule has 0 aromatic heterocycles. The van der Waals surface area contributed by atoms with E-state index in [-0.39, 0.29) is 35.1 Å². The van der Waals surface area contributed by atoms with Crippen molar-refractivity contribution in [2.45, 2.75) is 37.1 Å². The van der Waals surface area contributed by atoms with Crippen LogP contribution in [0.1, 0.15) is 25.3 Å². The summed E-state index contributed by atoms with van der Waals surface area (Å²) in [6, 6.07) is 12.5. The van der Waals surface area contributed by atoms with E-state index < -0.39 is 10.0 Å². The maximum atomic E-state index is 13.4. The Kier molecular flexibility index (Phi) is 5.79. The zero-order valence-corrected chi connectivity index (χ0v) is 18.6. The zero-order chi connectivity index (χ0) is 21.5. The predicted octanol–water partition coefficient (Wildman–Crippen LogP) is 3.73. The number of piperidine rings is 1. The molecule has 2 atom stereocenters. The van der Waals surface area contributed by atoms with E-state index in [9.17, 15) is 13.2 Å². The molecule has 160 valence electrons. The lowest BCUT2D eigenvalue weighted by Gasteiger charge is -2.34.